The summed E-state index contributed by atoms with van der Waals surface area (Å²) in [5.41, 5.74) is 0.149. The van der Waals surface area contributed by atoms with Gasteiger partial charge in [0.05, 0.1) is 5.56 Å². The highest BCUT2D eigenvalue weighted by molar-refractivity contribution is 7.98. The van der Waals surface area contributed by atoms with Gasteiger partial charge in [-0.05, 0) is 35.9 Å². The van der Waals surface area contributed by atoms with Crippen molar-refractivity contribution in [3.8, 4) is 5.82 Å². The van der Waals surface area contributed by atoms with Crippen LogP contribution in [-0.4, -0.2) is 20.0 Å². The van der Waals surface area contributed by atoms with Crippen molar-refractivity contribution in [3.05, 3.63) is 66.0 Å². The second kappa shape index (κ2) is 6.41. The maximum Gasteiger partial charge on any atom is 0.416 e. The molecule has 0 aliphatic rings. The molecule has 0 N–H and O–H groups in total. The maximum absolute atomic E-state index is 12.5. The van der Waals surface area contributed by atoms with Crippen LogP contribution >= 0.6 is 11.8 Å². The fourth-order valence-electron chi connectivity index (χ4n) is 1.86. The molecule has 0 radical (unpaired) electrons. The molecule has 0 atom stereocenters. The van der Waals surface area contributed by atoms with Gasteiger partial charge in [-0.3, -0.25) is 0 Å². The third-order valence-electron chi connectivity index (χ3n) is 3.03. The zero-order chi connectivity index (χ0) is 16.3. The lowest BCUT2D eigenvalue weighted by Gasteiger charge is -2.07. The van der Waals surface area contributed by atoms with Crippen LogP contribution in [0.15, 0.2) is 59.9 Å². The van der Waals surface area contributed by atoms with E-state index in [0.717, 1.165) is 17.7 Å². The molecule has 0 unspecified atom stereocenters. The predicted octanol–water partition coefficient (Wildman–Crippen LogP) is 3.97. The molecule has 23 heavy (non-hydrogen) atoms. The topological polar surface area (TPSA) is 43.6 Å². The van der Waals surface area contributed by atoms with Crippen LogP contribution in [0.1, 0.15) is 11.1 Å². The summed E-state index contributed by atoms with van der Waals surface area (Å²) < 4.78 is 39.1. The van der Waals surface area contributed by atoms with Crippen molar-refractivity contribution < 1.29 is 13.2 Å². The Bertz CT molecular complexity index is 753. The molecule has 4 nitrogen and oxygen atoms in total. The Morgan fingerprint density at radius 2 is 1.78 bits per heavy atom. The van der Waals surface area contributed by atoms with Crippen LogP contribution in [0.5, 0.6) is 0 Å². The first-order valence-corrected chi connectivity index (χ1v) is 7.63. The molecule has 118 valence electrons. The monoisotopic (exact) mass is 336 g/mol. The third-order valence-corrected chi connectivity index (χ3v) is 4.02. The molecular weight excluding hydrogens is 325 g/mol. The molecule has 8 heteroatoms. The van der Waals surface area contributed by atoms with Crippen molar-refractivity contribution in [2.24, 2.45) is 0 Å². The first-order valence-electron chi connectivity index (χ1n) is 6.65. The average Bonchev–Trinajstić information content (AvgIpc) is 3.07. The molecule has 2 heterocycles. The SMILES string of the molecule is FC(F)(F)c1ccc(CSc2ccc(-n3cccn3)nn2)cc1. The Hall–Kier alpha value is -2.35. The van der Waals surface area contributed by atoms with Crippen molar-refractivity contribution in [2.75, 3.05) is 0 Å². The predicted molar refractivity (Wildman–Crippen MR) is 80.2 cm³/mol. The lowest BCUT2D eigenvalue weighted by Crippen LogP contribution is -2.04. The Kier molecular flexibility index (Phi) is 4.33. The molecule has 0 aliphatic carbocycles. The van der Waals surface area contributed by atoms with E-state index in [2.05, 4.69) is 15.3 Å². The summed E-state index contributed by atoms with van der Waals surface area (Å²) in [5, 5.41) is 12.9. The number of thioether (sulfide) groups is 1. The van der Waals surface area contributed by atoms with E-state index in [9.17, 15) is 13.2 Å². The van der Waals surface area contributed by atoms with Gasteiger partial charge < -0.3 is 0 Å². The van der Waals surface area contributed by atoms with Crippen molar-refractivity contribution >= 4 is 11.8 Å². The quantitative estimate of drug-likeness (QED) is 0.676. The molecule has 3 aromatic rings. The minimum atomic E-state index is -4.31. The number of hydrogen-bond donors (Lipinski definition) is 0. The minimum Gasteiger partial charge on any atom is -0.221 e. The summed E-state index contributed by atoms with van der Waals surface area (Å²) in [5.74, 6) is 1.13. The van der Waals surface area contributed by atoms with Crippen LogP contribution in [0.4, 0.5) is 13.2 Å². The first-order chi connectivity index (χ1) is 11.0. The number of benzene rings is 1. The molecule has 0 bridgehead atoms. The average molecular weight is 336 g/mol. The maximum atomic E-state index is 12.5. The molecule has 0 saturated carbocycles. The van der Waals surface area contributed by atoms with Crippen LogP contribution < -0.4 is 0 Å². The number of alkyl halides is 3. The van der Waals surface area contributed by atoms with Crippen LogP contribution in [0.3, 0.4) is 0 Å². The van der Waals surface area contributed by atoms with Gasteiger partial charge in [-0.15, -0.1) is 10.2 Å². The summed E-state index contributed by atoms with van der Waals surface area (Å²) in [6.45, 7) is 0. The van der Waals surface area contributed by atoms with Crippen LogP contribution in [0, 0.1) is 0 Å². The van der Waals surface area contributed by atoms with Gasteiger partial charge in [-0.1, -0.05) is 23.9 Å². The van der Waals surface area contributed by atoms with Crippen LogP contribution in [0.25, 0.3) is 5.82 Å². The number of hydrogen-bond acceptors (Lipinski definition) is 4. The largest absolute Gasteiger partial charge is 0.416 e. The van der Waals surface area contributed by atoms with E-state index in [-0.39, 0.29) is 0 Å². The highest BCUT2D eigenvalue weighted by Crippen LogP contribution is 2.30. The second-order valence-electron chi connectivity index (χ2n) is 4.66. The zero-order valence-corrected chi connectivity index (χ0v) is 12.6. The highest BCUT2D eigenvalue weighted by atomic mass is 32.2. The van der Waals surface area contributed by atoms with Gasteiger partial charge >= 0.3 is 6.18 Å². The van der Waals surface area contributed by atoms with Gasteiger partial charge in [0, 0.05) is 18.1 Å². The van der Waals surface area contributed by atoms with Gasteiger partial charge in [0.1, 0.15) is 5.03 Å². The smallest absolute Gasteiger partial charge is 0.221 e. The summed E-state index contributed by atoms with van der Waals surface area (Å²) in [6, 6.07) is 10.5. The van der Waals surface area contributed by atoms with Crippen LogP contribution in [0.2, 0.25) is 0 Å². The number of aromatic nitrogens is 4. The summed E-state index contributed by atoms with van der Waals surface area (Å²) in [6.07, 6.45) is -0.895. The minimum absolute atomic E-state index is 0.522. The first kappa shape index (κ1) is 15.5. The Balaban J connectivity index is 1.62. The van der Waals surface area contributed by atoms with Crippen molar-refractivity contribution in [3.63, 3.8) is 0 Å². The van der Waals surface area contributed by atoms with Gasteiger partial charge in [0.15, 0.2) is 5.82 Å². The van der Waals surface area contributed by atoms with E-state index in [4.69, 9.17) is 0 Å². The van der Waals surface area contributed by atoms with Gasteiger partial charge in [-0.25, -0.2) is 4.68 Å². The molecule has 0 amide bonds. The lowest BCUT2D eigenvalue weighted by atomic mass is 10.1. The van der Waals surface area contributed by atoms with Gasteiger partial charge in [0.25, 0.3) is 0 Å². The standard InChI is InChI=1S/C15H11F3N4S/c16-15(17,18)12-4-2-11(3-5-12)10-23-14-7-6-13(20-21-14)22-9-1-8-19-22/h1-9H,10H2. The normalized spacial score (nSPS) is 11.6. The van der Waals surface area contributed by atoms with E-state index in [1.807, 2.05) is 0 Å². The summed E-state index contributed by atoms with van der Waals surface area (Å²) >= 11 is 1.41. The van der Waals surface area contributed by atoms with Crippen molar-refractivity contribution in [1.29, 1.82) is 0 Å². The fourth-order valence-corrected chi connectivity index (χ4v) is 2.63. The molecule has 3 rings (SSSR count). The summed E-state index contributed by atoms with van der Waals surface area (Å²) in [4.78, 5) is 0. The van der Waals surface area contributed by atoms with E-state index in [1.165, 1.54) is 23.9 Å². The van der Waals surface area contributed by atoms with Crippen LogP contribution in [-0.2, 0) is 11.9 Å². The zero-order valence-electron chi connectivity index (χ0n) is 11.7. The number of rotatable bonds is 4. The van der Waals surface area contributed by atoms with Crippen molar-refractivity contribution in [2.45, 2.75) is 17.0 Å². The number of nitrogens with zero attached hydrogens (tertiary/aromatic N) is 4. The molecule has 1 aromatic carbocycles. The highest BCUT2D eigenvalue weighted by Gasteiger charge is 2.29. The summed E-state index contributed by atoms with van der Waals surface area (Å²) in [7, 11) is 0. The van der Waals surface area contributed by atoms with E-state index in [0.29, 0.717) is 16.6 Å². The molecule has 0 aliphatic heterocycles. The Labute approximate surface area is 134 Å². The molecular formula is C15H11F3N4S. The Morgan fingerprint density at radius 3 is 2.35 bits per heavy atom. The second-order valence-corrected chi connectivity index (χ2v) is 5.66. The van der Waals surface area contributed by atoms with Gasteiger partial charge in [0.2, 0.25) is 0 Å². The molecule has 0 fully saturated rings. The molecule has 0 saturated heterocycles. The van der Waals surface area contributed by atoms with E-state index < -0.39 is 11.7 Å². The van der Waals surface area contributed by atoms with E-state index >= 15 is 0 Å². The third kappa shape index (κ3) is 3.89. The molecule has 0 spiro atoms. The van der Waals surface area contributed by atoms with E-state index in [1.54, 1.807) is 35.3 Å². The van der Waals surface area contributed by atoms with Gasteiger partial charge in [-0.2, -0.15) is 18.3 Å². The molecule has 2 aromatic heterocycles. The fraction of sp³-hybridized carbons (Fsp3) is 0.133. The number of halogens is 3. The Morgan fingerprint density at radius 1 is 1.00 bits per heavy atom. The lowest BCUT2D eigenvalue weighted by molar-refractivity contribution is -0.137. The van der Waals surface area contributed by atoms with Crippen molar-refractivity contribution in [1.82, 2.24) is 20.0 Å².